The van der Waals surface area contributed by atoms with Gasteiger partial charge < -0.3 is 9.67 Å². The van der Waals surface area contributed by atoms with Gasteiger partial charge in [-0.2, -0.15) is 0 Å². The number of fused-ring (bicyclic) bond motifs is 1. The molecule has 7 nitrogen and oxygen atoms in total. The van der Waals surface area contributed by atoms with E-state index < -0.39 is 27.0 Å². The van der Waals surface area contributed by atoms with Crippen LogP contribution in [-0.2, 0) is 21.2 Å². The molecule has 2 aliphatic heterocycles. The maximum Gasteiger partial charge on any atom is 0.314 e. The maximum absolute atomic E-state index is 12.2. The van der Waals surface area contributed by atoms with Crippen molar-refractivity contribution < 1.29 is 18.3 Å². The van der Waals surface area contributed by atoms with Crippen molar-refractivity contribution in [1.29, 1.82) is 0 Å². The van der Waals surface area contributed by atoms with Crippen LogP contribution in [-0.4, -0.2) is 40.0 Å². The third-order valence-corrected chi connectivity index (χ3v) is 6.33. The second-order valence-corrected chi connectivity index (χ2v) is 7.76. The number of aliphatic carboxylic acids is 1. The predicted octanol–water partition coefficient (Wildman–Crippen LogP) is 0.880. The minimum atomic E-state index is -3.19. The Hall–Kier alpha value is -1.44. The van der Waals surface area contributed by atoms with Crippen molar-refractivity contribution in [2.45, 2.75) is 49.8 Å². The van der Waals surface area contributed by atoms with Crippen molar-refractivity contribution in [3.63, 3.8) is 0 Å². The van der Waals surface area contributed by atoms with Gasteiger partial charge in [-0.15, -0.1) is 10.2 Å². The Kier molecular flexibility index (Phi) is 3.27. The van der Waals surface area contributed by atoms with Crippen LogP contribution in [0.15, 0.2) is 0 Å². The molecule has 0 bridgehead atoms. The Labute approximate surface area is 116 Å². The van der Waals surface area contributed by atoms with Crippen LogP contribution in [0.1, 0.15) is 54.9 Å². The zero-order valence-corrected chi connectivity index (χ0v) is 11.8. The largest absolute Gasteiger partial charge is 0.481 e. The van der Waals surface area contributed by atoms with E-state index in [2.05, 4.69) is 10.2 Å². The van der Waals surface area contributed by atoms with Crippen LogP contribution in [0.25, 0.3) is 0 Å². The van der Waals surface area contributed by atoms with Crippen LogP contribution in [0.2, 0.25) is 0 Å². The zero-order valence-electron chi connectivity index (χ0n) is 11.0. The van der Waals surface area contributed by atoms with Gasteiger partial charge >= 0.3 is 5.97 Å². The third-order valence-electron chi connectivity index (χ3n) is 4.16. The average molecular weight is 299 g/mol. The Balaban J connectivity index is 2.02. The van der Waals surface area contributed by atoms with Gasteiger partial charge in [-0.1, -0.05) is 6.42 Å². The molecule has 8 heteroatoms. The second kappa shape index (κ2) is 4.83. The van der Waals surface area contributed by atoms with E-state index in [9.17, 15) is 18.3 Å². The lowest BCUT2D eigenvalue weighted by Gasteiger charge is -2.25. The van der Waals surface area contributed by atoms with Gasteiger partial charge in [0.1, 0.15) is 17.0 Å². The molecule has 3 rings (SSSR count). The molecule has 1 saturated heterocycles. The van der Waals surface area contributed by atoms with E-state index in [1.165, 1.54) is 0 Å². The molecular weight excluding hydrogens is 282 g/mol. The molecule has 0 spiro atoms. The van der Waals surface area contributed by atoms with Gasteiger partial charge in [0.25, 0.3) is 0 Å². The van der Waals surface area contributed by atoms with E-state index in [1.807, 2.05) is 0 Å². The lowest BCUT2D eigenvalue weighted by Crippen LogP contribution is -2.28. The number of carboxylic acid groups (broad SMARTS) is 1. The summed E-state index contributed by atoms with van der Waals surface area (Å²) in [6.45, 7) is 0.605. The molecule has 0 aliphatic carbocycles. The molecular formula is C12H17N3O4S. The summed E-state index contributed by atoms with van der Waals surface area (Å²) < 4.78 is 26.1. The first kappa shape index (κ1) is 13.5. The number of hydrogen-bond acceptors (Lipinski definition) is 5. The van der Waals surface area contributed by atoms with Gasteiger partial charge in [0.05, 0.1) is 5.75 Å². The highest BCUT2D eigenvalue weighted by atomic mass is 32.2. The van der Waals surface area contributed by atoms with E-state index >= 15 is 0 Å². The highest BCUT2D eigenvalue weighted by Crippen LogP contribution is 2.35. The summed E-state index contributed by atoms with van der Waals surface area (Å²) in [5.41, 5.74) is 0. The van der Waals surface area contributed by atoms with Crippen molar-refractivity contribution in [2.75, 3.05) is 5.75 Å². The molecule has 110 valence electrons. The fraction of sp³-hybridized carbons (Fsp3) is 0.750. The number of carbonyl (C=O) groups is 1. The molecule has 1 N–H and O–H groups in total. The van der Waals surface area contributed by atoms with Gasteiger partial charge in [0.15, 0.2) is 15.7 Å². The van der Waals surface area contributed by atoms with Crippen molar-refractivity contribution >= 4 is 15.8 Å². The van der Waals surface area contributed by atoms with Crippen molar-refractivity contribution in [2.24, 2.45) is 0 Å². The Bertz CT molecular complexity index is 637. The fourth-order valence-electron chi connectivity index (χ4n) is 3.11. The van der Waals surface area contributed by atoms with Crippen molar-refractivity contribution in [1.82, 2.24) is 14.8 Å². The topological polar surface area (TPSA) is 102 Å². The smallest absolute Gasteiger partial charge is 0.314 e. The Morgan fingerprint density at radius 3 is 2.60 bits per heavy atom. The number of hydrogen-bond donors (Lipinski definition) is 1. The Morgan fingerprint density at radius 1 is 1.15 bits per heavy atom. The summed E-state index contributed by atoms with van der Waals surface area (Å²) in [6, 6.07) is 0. The fourth-order valence-corrected chi connectivity index (χ4v) is 5.03. The molecule has 20 heavy (non-hydrogen) atoms. The Morgan fingerprint density at radius 2 is 1.90 bits per heavy atom. The molecule has 2 aliphatic rings. The van der Waals surface area contributed by atoms with Gasteiger partial charge in [0.2, 0.25) is 0 Å². The molecule has 3 heterocycles. The molecule has 0 radical (unpaired) electrons. The predicted molar refractivity (Wildman–Crippen MR) is 70.0 cm³/mol. The highest BCUT2D eigenvalue weighted by Gasteiger charge is 2.38. The zero-order chi connectivity index (χ0) is 14.3. The normalized spacial score (nSPS) is 28.8. The lowest BCUT2D eigenvalue weighted by molar-refractivity contribution is -0.139. The summed E-state index contributed by atoms with van der Waals surface area (Å²) in [6.07, 6.45) is 3.34. The van der Waals surface area contributed by atoms with Gasteiger partial charge in [-0.05, 0) is 25.7 Å². The number of aromatic nitrogens is 3. The number of carboxylic acids is 1. The van der Waals surface area contributed by atoms with E-state index in [-0.39, 0.29) is 5.75 Å². The summed E-state index contributed by atoms with van der Waals surface area (Å²) >= 11 is 0. The van der Waals surface area contributed by atoms with Crippen molar-refractivity contribution in [3.05, 3.63) is 11.6 Å². The van der Waals surface area contributed by atoms with E-state index in [4.69, 9.17) is 0 Å². The van der Waals surface area contributed by atoms with Crippen LogP contribution in [0.4, 0.5) is 0 Å². The minimum absolute atomic E-state index is 0.183. The summed E-state index contributed by atoms with van der Waals surface area (Å²) in [5.74, 6) is -0.569. The molecule has 0 saturated carbocycles. The molecule has 1 aromatic rings. The number of sulfone groups is 1. The highest BCUT2D eigenvalue weighted by molar-refractivity contribution is 7.91. The van der Waals surface area contributed by atoms with Crippen LogP contribution < -0.4 is 0 Å². The SMILES string of the molecule is O=C(O)C1CCCn2c1nnc2C1CCCCS1(=O)=O. The van der Waals surface area contributed by atoms with Crippen LogP contribution in [0, 0.1) is 0 Å². The quantitative estimate of drug-likeness (QED) is 0.869. The van der Waals surface area contributed by atoms with E-state index in [0.717, 1.165) is 6.42 Å². The molecule has 1 aromatic heterocycles. The molecule has 0 aromatic carbocycles. The van der Waals surface area contributed by atoms with Gasteiger partial charge in [-0.3, -0.25) is 4.79 Å². The number of rotatable bonds is 2. The molecule has 0 amide bonds. The second-order valence-electron chi connectivity index (χ2n) is 5.45. The van der Waals surface area contributed by atoms with Crippen LogP contribution >= 0.6 is 0 Å². The van der Waals surface area contributed by atoms with Gasteiger partial charge in [0, 0.05) is 6.54 Å². The summed E-state index contributed by atoms with van der Waals surface area (Å²) in [5, 5.41) is 16.6. The average Bonchev–Trinajstić information content (AvgIpc) is 2.81. The first-order chi connectivity index (χ1) is 9.50. The van der Waals surface area contributed by atoms with Crippen molar-refractivity contribution in [3.8, 4) is 0 Å². The molecule has 2 atom stereocenters. The first-order valence-electron chi connectivity index (χ1n) is 6.88. The molecule has 2 unspecified atom stereocenters. The first-order valence-corrected chi connectivity index (χ1v) is 8.59. The van der Waals surface area contributed by atoms with Crippen LogP contribution in [0.3, 0.4) is 0 Å². The third kappa shape index (κ3) is 2.11. The number of nitrogens with zero attached hydrogens (tertiary/aromatic N) is 3. The summed E-state index contributed by atoms with van der Waals surface area (Å²) in [7, 11) is -3.19. The van der Waals surface area contributed by atoms with Gasteiger partial charge in [-0.25, -0.2) is 8.42 Å². The minimum Gasteiger partial charge on any atom is -0.481 e. The molecule has 1 fully saturated rings. The standard InChI is InChI=1S/C12H17N3O4S/c16-12(17)8-4-3-6-15-10(8)13-14-11(15)9-5-1-2-7-20(9,18)19/h8-9H,1-7H2,(H,16,17). The maximum atomic E-state index is 12.2. The van der Waals surface area contributed by atoms with E-state index in [0.29, 0.717) is 43.9 Å². The van der Waals surface area contributed by atoms with E-state index in [1.54, 1.807) is 4.57 Å². The lowest BCUT2D eigenvalue weighted by atomic mass is 9.99. The van der Waals surface area contributed by atoms with Crippen LogP contribution in [0.5, 0.6) is 0 Å². The monoisotopic (exact) mass is 299 g/mol. The summed E-state index contributed by atoms with van der Waals surface area (Å²) in [4.78, 5) is 11.2.